The molecule has 0 radical (unpaired) electrons. The van der Waals surface area contributed by atoms with Gasteiger partial charge < -0.3 is 5.32 Å². The van der Waals surface area contributed by atoms with Crippen molar-refractivity contribution in [3.63, 3.8) is 0 Å². The maximum absolute atomic E-state index is 6.17. The second-order valence-corrected chi connectivity index (χ2v) is 7.71. The van der Waals surface area contributed by atoms with Gasteiger partial charge in [-0.15, -0.1) is 0 Å². The highest BCUT2D eigenvalue weighted by Crippen LogP contribution is 2.46. The van der Waals surface area contributed by atoms with Crippen LogP contribution in [0.2, 0.25) is 5.02 Å². The zero-order chi connectivity index (χ0) is 14.0. The van der Waals surface area contributed by atoms with E-state index in [0.29, 0.717) is 12.1 Å². The second-order valence-electron chi connectivity index (χ2n) is 6.29. The van der Waals surface area contributed by atoms with Gasteiger partial charge in [0.1, 0.15) is 0 Å². The average molecular weight is 298 g/mol. The van der Waals surface area contributed by atoms with Crippen molar-refractivity contribution in [1.82, 2.24) is 5.32 Å². The first kappa shape index (κ1) is 15.2. The Labute approximate surface area is 126 Å². The fourth-order valence-corrected chi connectivity index (χ4v) is 3.76. The summed E-state index contributed by atoms with van der Waals surface area (Å²) in [6.07, 6.45) is 4.51. The predicted molar refractivity (Wildman–Crippen MR) is 87.3 cm³/mol. The van der Waals surface area contributed by atoms with E-state index in [-0.39, 0.29) is 5.41 Å². The van der Waals surface area contributed by atoms with Crippen LogP contribution in [-0.2, 0) is 6.42 Å². The summed E-state index contributed by atoms with van der Waals surface area (Å²) < 4.78 is 0. The number of fused-ring (bicyclic) bond motifs is 1. The summed E-state index contributed by atoms with van der Waals surface area (Å²) in [6.45, 7) is 6.98. The predicted octanol–water partition coefficient (Wildman–Crippen LogP) is 4.69. The zero-order valence-corrected chi connectivity index (χ0v) is 13.9. The molecule has 0 aromatic heterocycles. The molecule has 106 valence electrons. The lowest BCUT2D eigenvalue weighted by Crippen LogP contribution is -2.37. The minimum atomic E-state index is 0.265. The fraction of sp³-hybridized carbons (Fsp3) is 0.625. The number of hydrogen-bond acceptors (Lipinski definition) is 2. The van der Waals surface area contributed by atoms with Gasteiger partial charge in [-0.05, 0) is 60.4 Å². The number of halogens is 1. The van der Waals surface area contributed by atoms with Crippen molar-refractivity contribution in [2.24, 2.45) is 5.41 Å². The van der Waals surface area contributed by atoms with Gasteiger partial charge in [0.25, 0.3) is 0 Å². The molecule has 1 N–H and O–H groups in total. The fourth-order valence-electron chi connectivity index (χ4n) is 2.99. The van der Waals surface area contributed by atoms with Crippen molar-refractivity contribution in [2.45, 2.75) is 45.7 Å². The third-order valence-corrected chi connectivity index (χ3v) is 4.93. The van der Waals surface area contributed by atoms with Crippen molar-refractivity contribution in [3.8, 4) is 0 Å². The van der Waals surface area contributed by atoms with E-state index in [1.807, 2.05) is 17.8 Å². The number of thioether (sulfide) groups is 1. The summed E-state index contributed by atoms with van der Waals surface area (Å²) in [5.41, 5.74) is 3.11. The lowest BCUT2D eigenvalue weighted by Gasteiger charge is -2.31. The quantitative estimate of drug-likeness (QED) is 0.846. The Morgan fingerprint density at radius 2 is 2.21 bits per heavy atom. The molecule has 0 saturated carbocycles. The number of rotatable bonds is 5. The molecule has 2 atom stereocenters. The molecule has 0 amide bonds. The monoisotopic (exact) mass is 297 g/mol. The molecule has 0 bridgehead atoms. The van der Waals surface area contributed by atoms with Crippen LogP contribution in [0.3, 0.4) is 0 Å². The van der Waals surface area contributed by atoms with E-state index < -0.39 is 0 Å². The van der Waals surface area contributed by atoms with Gasteiger partial charge in [0, 0.05) is 17.1 Å². The highest BCUT2D eigenvalue weighted by molar-refractivity contribution is 7.98. The van der Waals surface area contributed by atoms with Crippen molar-refractivity contribution in [3.05, 3.63) is 34.3 Å². The van der Waals surface area contributed by atoms with Crippen LogP contribution in [-0.4, -0.2) is 18.1 Å². The number of hydrogen-bond donors (Lipinski definition) is 1. The Hall–Kier alpha value is -0.180. The molecule has 0 spiro atoms. The Morgan fingerprint density at radius 3 is 2.89 bits per heavy atom. The first-order valence-corrected chi connectivity index (χ1v) is 8.74. The van der Waals surface area contributed by atoms with Gasteiger partial charge in [0.2, 0.25) is 0 Å². The molecule has 1 nitrogen and oxygen atoms in total. The van der Waals surface area contributed by atoms with Crippen molar-refractivity contribution in [2.75, 3.05) is 12.0 Å². The van der Waals surface area contributed by atoms with Crippen LogP contribution in [0.1, 0.15) is 44.4 Å². The van der Waals surface area contributed by atoms with Crippen molar-refractivity contribution in [1.29, 1.82) is 0 Å². The first-order chi connectivity index (χ1) is 8.94. The Kier molecular flexibility index (Phi) is 4.86. The molecule has 0 heterocycles. The third-order valence-electron chi connectivity index (χ3n) is 4.05. The second kappa shape index (κ2) is 6.07. The van der Waals surface area contributed by atoms with E-state index >= 15 is 0 Å². The Balaban J connectivity index is 2.17. The maximum Gasteiger partial charge on any atom is 0.0409 e. The van der Waals surface area contributed by atoms with Crippen LogP contribution < -0.4 is 5.32 Å². The summed E-state index contributed by atoms with van der Waals surface area (Å²) in [5, 5.41) is 4.66. The highest BCUT2D eigenvalue weighted by Gasteiger charge is 2.39. The smallest absolute Gasteiger partial charge is 0.0409 e. The molecule has 0 saturated heterocycles. The minimum absolute atomic E-state index is 0.265. The molecule has 19 heavy (non-hydrogen) atoms. The molecule has 0 fully saturated rings. The van der Waals surface area contributed by atoms with Gasteiger partial charge in [-0.3, -0.25) is 0 Å². The van der Waals surface area contributed by atoms with Crippen LogP contribution in [0.15, 0.2) is 18.2 Å². The van der Waals surface area contributed by atoms with Gasteiger partial charge in [-0.1, -0.05) is 31.5 Å². The van der Waals surface area contributed by atoms with Crippen LogP contribution in [0.25, 0.3) is 0 Å². The maximum atomic E-state index is 6.17. The van der Waals surface area contributed by atoms with Crippen LogP contribution in [0, 0.1) is 5.41 Å². The summed E-state index contributed by atoms with van der Waals surface area (Å²) in [6, 6.07) is 7.30. The zero-order valence-electron chi connectivity index (χ0n) is 12.3. The summed E-state index contributed by atoms with van der Waals surface area (Å²) in [7, 11) is 0. The molecule has 1 aliphatic carbocycles. The molecule has 3 heteroatoms. The molecular weight excluding hydrogens is 274 g/mol. The number of benzene rings is 1. The largest absolute Gasteiger partial charge is 0.307 e. The van der Waals surface area contributed by atoms with Crippen LogP contribution >= 0.6 is 23.4 Å². The van der Waals surface area contributed by atoms with E-state index in [1.54, 1.807) is 0 Å². The van der Waals surface area contributed by atoms with E-state index in [9.17, 15) is 0 Å². The van der Waals surface area contributed by atoms with Crippen molar-refractivity contribution >= 4 is 23.4 Å². The average Bonchev–Trinajstić information content (AvgIpc) is 2.58. The standard InChI is InChI=1S/C16H24ClNS/c1-11(7-8-19-4)18-15-14-9-13(17)6-5-12(14)10-16(15,2)3/h5-6,9,11,15,18H,7-8,10H2,1-4H3. The highest BCUT2D eigenvalue weighted by atomic mass is 35.5. The van der Waals surface area contributed by atoms with Gasteiger partial charge in [0.15, 0.2) is 0 Å². The SMILES string of the molecule is CSCCC(C)NC1c2cc(Cl)ccc2CC1(C)C. The van der Waals surface area contributed by atoms with Gasteiger partial charge in [-0.2, -0.15) is 11.8 Å². The molecule has 1 aromatic rings. The molecule has 1 aromatic carbocycles. The molecule has 2 unspecified atom stereocenters. The molecular formula is C16H24ClNS. The molecule has 1 aliphatic rings. The van der Waals surface area contributed by atoms with Crippen LogP contribution in [0.5, 0.6) is 0 Å². The summed E-state index contributed by atoms with van der Waals surface area (Å²) >= 11 is 8.09. The minimum Gasteiger partial charge on any atom is -0.307 e. The van der Waals surface area contributed by atoms with E-state index in [0.717, 1.165) is 11.4 Å². The normalized spacial score (nSPS) is 22.3. The summed E-state index contributed by atoms with van der Waals surface area (Å²) in [4.78, 5) is 0. The van der Waals surface area contributed by atoms with Gasteiger partial charge >= 0.3 is 0 Å². The third kappa shape index (κ3) is 3.48. The topological polar surface area (TPSA) is 12.0 Å². The Morgan fingerprint density at radius 1 is 1.47 bits per heavy atom. The van der Waals surface area contributed by atoms with Gasteiger partial charge in [0.05, 0.1) is 0 Å². The first-order valence-electron chi connectivity index (χ1n) is 6.97. The lowest BCUT2D eigenvalue weighted by atomic mass is 9.85. The van der Waals surface area contributed by atoms with E-state index in [2.05, 4.69) is 44.5 Å². The Bertz CT molecular complexity index is 444. The lowest BCUT2D eigenvalue weighted by molar-refractivity contribution is 0.250. The van der Waals surface area contributed by atoms with E-state index in [1.165, 1.54) is 23.3 Å². The van der Waals surface area contributed by atoms with Crippen LogP contribution in [0.4, 0.5) is 0 Å². The van der Waals surface area contributed by atoms with Crippen molar-refractivity contribution < 1.29 is 0 Å². The summed E-state index contributed by atoms with van der Waals surface area (Å²) in [5.74, 6) is 1.21. The molecule has 0 aliphatic heterocycles. The number of nitrogens with one attached hydrogen (secondary N) is 1. The van der Waals surface area contributed by atoms with E-state index in [4.69, 9.17) is 11.6 Å². The van der Waals surface area contributed by atoms with Gasteiger partial charge in [-0.25, -0.2) is 0 Å². The molecule has 2 rings (SSSR count).